The van der Waals surface area contributed by atoms with Crippen LogP contribution < -0.4 is 15.5 Å². The Hall–Kier alpha value is -3.93. The lowest BCUT2D eigenvalue weighted by atomic mass is 10.1. The van der Waals surface area contributed by atoms with Crippen LogP contribution in [0.3, 0.4) is 0 Å². The van der Waals surface area contributed by atoms with Crippen molar-refractivity contribution < 1.29 is 14.3 Å². The van der Waals surface area contributed by atoms with E-state index in [0.29, 0.717) is 6.61 Å². The number of nitrogens with zero attached hydrogens (tertiary/aromatic N) is 1. The van der Waals surface area contributed by atoms with Crippen LogP contribution in [0.1, 0.15) is 29.7 Å². The molecule has 1 atom stereocenters. The van der Waals surface area contributed by atoms with Crippen LogP contribution in [0.4, 0.5) is 0 Å². The van der Waals surface area contributed by atoms with Gasteiger partial charge in [0.1, 0.15) is 12.4 Å². The molecular weight excluding hydrogens is 378 g/mol. The predicted octanol–water partition coefficient (Wildman–Crippen LogP) is 3.59. The summed E-state index contributed by atoms with van der Waals surface area (Å²) >= 11 is 0. The average Bonchev–Trinajstić information content (AvgIpc) is 2.79. The van der Waals surface area contributed by atoms with Crippen LogP contribution in [0.2, 0.25) is 0 Å². The summed E-state index contributed by atoms with van der Waals surface area (Å²) < 4.78 is 5.73. The quantitative estimate of drug-likeness (QED) is 0.361. The largest absolute Gasteiger partial charge is 0.489 e. The van der Waals surface area contributed by atoms with Crippen molar-refractivity contribution in [2.75, 3.05) is 0 Å². The normalized spacial score (nSPS) is 11.6. The third-order valence-corrected chi connectivity index (χ3v) is 4.36. The lowest BCUT2D eigenvalue weighted by Crippen LogP contribution is -2.39. The first kappa shape index (κ1) is 20.8. The van der Waals surface area contributed by atoms with Gasteiger partial charge in [0.2, 0.25) is 0 Å². The van der Waals surface area contributed by atoms with Gasteiger partial charge in [0.05, 0.1) is 12.3 Å². The summed E-state index contributed by atoms with van der Waals surface area (Å²) in [4.78, 5) is 23.9. The summed E-state index contributed by atoms with van der Waals surface area (Å²) in [6.45, 7) is 2.30. The highest BCUT2D eigenvalue weighted by atomic mass is 16.5. The molecule has 0 aromatic heterocycles. The number of carbonyl (C=O) groups is 2. The zero-order valence-corrected chi connectivity index (χ0v) is 16.6. The Morgan fingerprint density at radius 1 is 0.900 bits per heavy atom. The molecule has 3 aromatic carbocycles. The van der Waals surface area contributed by atoms with E-state index >= 15 is 0 Å². The van der Waals surface area contributed by atoms with Gasteiger partial charge in [0, 0.05) is 0 Å². The molecule has 0 spiro atoms. The highest BCUT2D eigenvalue weighted by Gasteiger charge is 2.16. The maximum Gasteiger partial charge on any atom is 0.329 e. The molecule has 0 fully saturated rings. The van der Waals surface area contributed by atoms with E-state index in [4.69, 9.17) is 4.74 Å². The number of hydrogen-bond acceptors (Lipinski definition) is 4. The number of amides is 2. The van der Waals surface area contributed by atoms with Crippen LogP contribution >= 0.6 is 0 Å². The van der Waals surface area contributed by atoms with Gasteiger partial charge in [-0.3, -0.25) is 9.59 Å². The molecule has 0 radical (unpaired) electrons. The highest BCUT2D eigenvalue weighted by molar-refractivity contribution is 6.35. The summed E-state index contributed by atoms with van der Waals surface area (Å²) in [5, 5.41) is 6.48. The van der Waals surface area contributed by atoms with Gasteiger partial charge in [0.15, 0.2) is 0 Å². The smallest absolute Gasteiger partial charge is 0.329 e. The van der Waals surface area contributed by atoms with Gasteiger partial charge in [-0.25, -0.2) is 5.43 Å². The Balaban J connectivity index is 1.45. The SMILES string of the molecule is CC(NC(=O)C(=O)N/N=C\c1ccc(OCc2ccccc2)cc1)c1ccccc1. The van der Waals surface area contributed by atoms with Crippen molar-refractivity contribution in [2.45, 2.75) is 19.6 Å². The molecule has 2 amide bonds. The molecule has 6 nitrogen and oxygen atoms in total. The zero-order valence-electron chi connectivity index (χ0n) is 16.6. The molecule has 0 saturated heterocycles. The predicted molar refractivity (Wildman–Crippen MR) is 116 cm³/mol. The van der Waals surface area contributed by atoms with Gasteiger partial charge in [-0.05, 0) is 47.9 Å². The summed E-state index contributed by atoms with van der Waals surface area (Å²) in [6.07, 6.45) is 1.47. The van der Waals surface area contributed by atoms with Gasteiger partial charge in [-0.15, -0.1) is 0 Å². The van der Waals surface area contributed by atoms with Gasteiger partial charge in [0.25, 0.3) is 0 Å². The van der Waals surface area contributed by atoms with Crippen molar-refractivity contribution in [1.29, 1.82) is 0 Å². The van der Waals surface area contributed by atoms with Crippen molar-refractivity contribution >= 4 is 18.0 Å². The van der Waals surface area contributed by atoms with Crippen molar-refractivity contribution in [1.82, 2.24) is 10.7 Å². The number of carbonyl (C=O) groups excluding carboxylic acids is 2. The Morgan fingerprint density at radius 3 is 2.20 bits per heavy atom. The third-order valence-electron chi connectivity index (χ3n) is 4.36. The number of ether oxygens (including phenoxy) is 1. The fraction of sp³-hybridized carbons (Fsp3) is 0.125. The summed E-state index contributed by atoms with van der Waals surface area (Å²) in [5.41, 5.74) is 5.00. The molecule has 6 heteroatoms. The minimum absolute atomic E-state index is 0.281. The minimum Gasteiger partial charge on any atom is -0.489 e. The Kier molecular flexibility index (Phi) is 7.33. The summed E-state index contributed by atoms with van der Waals surface area (Å²) in [6, 6.07) is 26.3. The van der Waals surface area contributed by atoms with E-state index in [-0.39, 0.29) is 6.04 Å². The van der Waals surface area contributed by atoms with Gasteiger partial charge >= 0.3 is 11.8 Å². The Labute approximate surface area is 175 Å². The van der Waals surface area contributed by atoms with Crippen LogP contribution in [0.25, 0.3) is 0 Å². The van der Waals surface area contributed by atoms with Crippen molar-refractivity contribution in [3.05, 3.63) is 102 Å². The van der Waals surface area contributed by atoms with Crippen molar-refractivity contribution in [3.8, 4) is 5.75 Å². The Morgan fingerprint density at radius 2 is 1.53 bits per heavy atom. The molecule has 30 heavy (non-hydrogen) atoms. The van der Waals surface area contributed by atoms with E-state index in [1.54, 1.807) is 0 Å². The van der Waals surface area contributed by atoms with E-state index < -0.39 is 11.8 Å². The monoisotopic (exact) mass is 401 g/mol. The van der Waals surface area contributed by atoms with Crippen LogP contribution in [-0.4, -0.2) is 18.0 Å². The van der Waals surface area contributed by atoms with Gasteiger partial charge in [-0.1, -0.05) is 60.7 Å². The maximum absolute atomic E-state index is 12.0. The molecule has 0 aliphatic rings. The van der Waals surface area contributed by atoms with E-state index in [1.165, 1.54) is 6.21 Å². The molecule has 0 bridgehead atoms. The van der Waals surface area contributed by atoms with E-state index in [9.17, 15) is 9.59 Å². The summed E-state index contributed by atoms with van der Waals surface area (Å²) in [5.74, 6) is -0.834. The van der Waals surface area contributed by atoms with Crippen molar-refractivity contribution in [3.63, 3.8) is 0 Å². The maximum atomic E-state index is 12.0. The molecule has 3 aromatic rings. The zero-order chi connectivity index (χ0) is 21.2. The number of hydrogen-bond donors (Lipinski definition) is 2. The molecule has 0 saturated carbocycles. The fourth-order valence-electron chi connectivity index (χ4n) is 2.69. The lowest BCUT2D eigenvalue weighted by molar-refractivity contribution is -0.139. The number of rotatable bonds is 7. The Bertz CT molecular complexity index is 987. The highest BCUT2D eigenvalue weighted by Crippen LogP contribution is 2.13. The van der Waals surface area contributed by atoms with Gasteiger partial charge < -0.3 is 10.1 Å². The van der Waals surface area contributed by atoms with Gasteiger partial charge in [-0.2, -0.15) is 5.10 Å². The first-order valence-electron chi connectivity index (χ1n) is 9.57. The molecule has 0 heterocycles. The molecule has 2 N–H and O–H groups in total. The summed E-state index contributed by atoms with van der Waals surface area (Å²) in [7, 11) is 0. The minimum atomic E-state index is -0.822. The topological polar surface area (TPSA) is 79.8 Å². The molecule has 3 rings (SSSR count). The third kappa shape index (κ3) is 6.31. The van der Waals surface area contributed by atoms with Crippen LogP contribution in [0.15, 0.2) is 90.0 Å². The molecular formula is C24H23N3O3. The molecule has 152 valence electrons. The molecule has 1 unspecified atom stereocenters. The standard InChI is InChI=1S/C24H23N3O3/c1-18(21-10-6-3-7-11-21)26-23(28)24(29)27-25-16-19-12-14-22(15-13-19)30-17-20-8-4-2-5-9-20/h2-16,18H,17H2,1H3,(H,26,28)(H,27,29)/b25-16-. The van der Waals surface area contributed by atoms with E-state index in [1.807, 2.05) is 91.9 Å². The first-order valence-corrected chi connectivity index (χ1v) is 9.57. The van der Waals surface area contributed by atoms with Crippen LogP contribution in [0.5, 0.6) is 5.75 Å². The second kappa shape index (κ2) is 10.6. The van der Waals surface area contributed by atoms with E-state index in [0.717, 1.165) is 22.4 Å². The lowest BCUT2D eigenvalue weighted by Gasteiger charge is -2.13. The molecule has 0 aliphatic heterocycles. The van der Waals surface area contributed by atoms with Crippen LogP contribution in [-0.2, 0) is 16.2 Å². The van der Waals surface area contributed by atoms with Crippen LogP contribution in [0, 0.1) is 0 Å². The molecule has 0 aliphatic carbocycles. The number of nitrogens with one attached hydrogen (secondary N) is 2. The first-order chi connectivity index (χ1) is 14.6. The average molecular weight is 401 g/mol. The number of hydrazone groups is 1. The number of benzene rings is 3. The van der Waals surface area contributed by atoms with Crippen molar-refractivity contribution in [2.24, 2.45) is 5.10 Å². The second-order valence-corrected chi connectivity index (χ2v) is 6.65. The van der Waals surface area contributed by atoms with E-state index in [2.05, 4.69) is 15.8 Å². The fourth-order valence-corrected chi connectivity index (χ4v) is 2.69. The second-order valence-electron chi connectivity index (χ2n) is 6.65.